The van der Waals surface area contributed by atoms with E-state index in [1.807, 2.05) is 102 Å². The zero-order valence-corrected chi connectivity index (χ0v) is 49.7. The summed E-state index contributed by atoms with van der Waals surface area (Å²) in [5.41, 5.74) is 20.2. The van der Waals surface area contributed by atoms with Gasteiger partial charge in [0.15, 0.2) is 23.0 Å². The molecule has 2 aliphatic heterocycles. The maximum absolute atomic E-state index is 13.7. The number of amides is 1. The van der Waals surface area contributed by atoms with Gasteiger partial charge in [0.1, 0.15) is 0 Å². The molecule has 6 aromatic heterocycles. The highest BCUT2D eigenvalue weighted by Crippen LogP contribution is 2.38. The lowest BCUT2D eigenvalue weighted by Crippen LogP contribution is -2.39. The lowest BCUT2D eigenvalue weighted by atomic mass is 10.0. The average Bonchev–Trinajstić information content (AvgIpc) is 3.41. The molecule has 19 nitrogen and oxygen atoms in total. The van der Waals surface area contributed by atoms with Crippen molar-refractivity contribution < 1.29 is 43.1 Å². The van der Waals surface area contributed by atoms with Crippen LogP contribution < -0.4 is 41.1 Å². The second-order valence-corrected chi connectivity index (χ2v) is 21.0. The van der Waals surface area contributed by atoms with E-state index in [0.29, 0.717) is 78.2 Å². The molecule has 19 heteroatoms. The van der Waals surface area contributed by atoms with Crippen molar-refractivity contribution in [2.45, 2.75) is 88.0 Å². The van der Waals surface area contributed by atoms with Crippen molar-refractivity contribution >= 4 is 22.9 Å². The first kappa shape index (κ1) is 63.4. The van der Waals surface area contributed by atoms with Crippen LogP contribution in [-0.4, -0.2) is 127 Å². The second-order valence-electron chi connectivity index (χ2n) is 21.0. The number of benzene rings is 2. The predicted molar refractivity (Wildman–Crippen MR) is 329 cm³/mol. The number of aromatic carboxylic acids is 1. The molecule has 2 fully saturated rings. The lowest BCUT2D eigenvalue weighted by Gasteiger charge is -2.34. The van der Waals surface area contributed by atoms with E-state index < -0.39 is 5.97 Å². The van der Waals surface area contributed by atoms with Gasteiger partial charge < -0.3 is 63.3 Å². The molecule has 10 rings (SSSR count). The number of ether oxygens (including phenoxy) is 6. The Labute approximate surface area is 491 Å². The highest BCUT2D eigenvalue weighted by molar-refractivity contribution is 5.97. The van der Waals surface area contributed by atoms with E-state index in [2.05, 4.69) is 66.2 Å². The maximum Gasteiger partial charge on any atom is 0.336 e. The molecule has 6 N–H and O–H groups in total. The molecule has 0 bridgehead atoms. The van der Waals surface area contributed by atoms with Gasteiger partial charge in [-0.1, -0.05) is 19.6 Å². The van der Waals surface area contributed by atoms with Gasteiger partial charge in [-0.3, -0.25) is 24.2 Å². The first-order chi connectivity index (χ1) is 39.8. The van der Waals surface area contributed by atoms with Crippen molar-refractivity contribution in [1.29, 1.82) is 0 Å². The summed E-state index contributed by atoms with van der Waals surface area (Å²) in [6.07, 6.45) is 4.19. The molecule has 1 amide bonds. The van der Waals surface area contributed by atoms with Crippen molar-refractivity contribution in [2.24, 2.45) is 5.73 Å². The van der Waals surface area contributed by atoms with E-state index >= 15 is 0 Å². The monoisotopic (exact) mass is 1150 g/mol. The summed E-state index contributed by atoms with van der Waals surface area (Å²) >= 11 is 0. The van der Waals surface area contributed by atoms with Crippen LogP contribution in [0.15, 0.2) is 94.8 Å². The van der Waals surface area contributed by atoms with Gasteiger partial charge in [0.05, 0.1) is 60.4 Å². The Bertz CT molecular complexity index is 3770. The third-order valence-electron chi connectivity index (χ3n) is 15.9. The van der Waals surface area contributed by atoms with Crippen LogP contribution in [0.5, 0.6) is 23.0 Å². The molecule has 448 valence electrons. The first-order valence-electron chi connectivity index (χ1n) is 27.8. The number of aryl methyl sites for hydroxylation is 4. The molecule has 84 heavy (non-hydrogen) atoms. The number of nitrogens with zero attached hydrogens (tertiary/aromatic N) is 4. The van der Waals surface area contributed by atoms with E-state index in [0.717, 1.165) is 104 Å². The molecule has 2 atom stereocenters. The summed E-state index contributed by atoms with van der Waals surface area (Å²) in [6, 6.07) is 23.4. The van der Waals surface area contributed by atoms with E-state index in [1.54, 1.807) is 34.5 Å². The van der Waals surface area contributed by atoms with Gasteiger partial charge in [0, 0.05) is 125 Å². The lowest BCUT2D eigenvalue weighted by molar-refractivity contribution is 0.0186. The number of pyridine rings is 4. The van der Waals surface area contributed by atoms with Gasteiger partial charge in [-0.05, 0) is 149 Å². The minimum Gasteiger partial charge on any atom is -0.493 e. The third kappa shape index (κ3) is 13.7. The molecule has 2 aliphatic rings. The number of nitrogens with one attached hydrogen (secondary N) is 3. The number of carboxylic acids is 1. The maximum atomic E-state index is 13.7. The number of hydrogen-bond acceptors (Lipinski definition) is 13. The van der Waals surface area contributed by atoms with Crippen LogP contribution in [0.4, 0.5) is 0 Å². The Morgan fingerprint density at radius 1 is 0.583 bits per heavy atom. The van der Waals surface area contributed by atoms with Crippen molar-refractivity contribution in [1.82, 2.24) is 33.9 Å². The quantitative estimate of drug-likeness (QED) is 0.0644. The SMILES string of the molecule is C.COc1ccc(-c2cc3cc(C(=O)NCc4c(C)cc(C)[nH]c4=O)c(C)c(C(C)N4CCOCC4)n3c2)cc1OC.COc1ccc(-c2cc3cc(C(=O)O)c(C)c(C(C)N4CCOCC4)n3c2)cc1OC.Cc1cc(C)c(CN)c(=O)[nH]1. The highest BCUT2D eigenvalue weighted by Gasteiger charge is 2.28. The normalized spacial score (nSPS) is 14.3. The zero-order valence-electron chi connectivity index (χ0n) is 49.7. The number of aromatic nitrogens is 4. The summed E-state index contributed by atoms with van der Waals surface area (Å²) in [7, 11) is 6.47. The molecule has 8 aromatic rings. The van der Waals surface area contributed by atoms with Crippen molar-refractivity contribution in [2.75, 3.05) is 81.0 Å². The van der Waals surface area contributed by atoms with Gasteiger partial charge in [-0.2, -0.15) is 0 Å². The molecular weight excluding hydrogens is 1070 g/mol. The number of morpholine rings is 2. The largest absolute Gasteiger partial charge is 0.493 e. The number of rotatable bonds is 15. The van der Waals surface area contributed by atoms with Crippen LogP contribution in [0.3, 0.4) is 0 Å². The minimum absolute atomic E-state index is 0. The number of fused-ring (bicyclic) bond motifs is 2. The summed E-state index contributed by atoms with van der Waals surface area (Å²) in [5, 5.41) is 12.8. The smallest absolute Gasteiger partial charge is 0.336 e. The van der Waals surface area contributed by atoms with Crippen molar-refractivity contribution in [3.05, 3.63) is 173 Å². The fourth-order valence-corrected chi connectivity index (χ4v) is 11.4. The number of methoxy groups -OCH3 is 4. The van der Waals surface area contributed by atoms with Gasteiger partial charge in [-0.25, -0.2) is 4.79 Å². The molecule has 2 saturated heterocycles. The fourth-order valence-electron chi connectivity index (χ4n) is 11.4. The van der Waals surface area contributed by atoms with Gasteiger partial charge >= 0.3 is 5.97 Å². The molecular formula is C65H82N8O11. The summed E-state index contributed by atoms with van der Waals surface area (Å²) in [6.45, 7) is 22.2. The average molecular weight is 1150 g/mol. The number of carboxylic acid groups (broad SMARTS) is 1. The van der Waals surface area contributed by atoms with Crippen molar-refractivity contribution in [3.63, 3.8) is 0 Å². The summed E-state index contributed by atoms with van der Waals surface area (Å²) < 4.78 is 37.2. The predicted octanol–water partition coefficient (Wildman–Crippen LogP) is 9.67. The Morgan fingerprint density at radius 3 is 1.38 bits per heavy atom. The number of hydrogen-bond donors (Lipinski definition) is 5. The van der Waals surface area contributed by atoms with E-state index in [9.17, 15) is 24.3 Å². The fraction of sp³-hybridized carbons (Fsp3) is 0.385. The van der Waals surface area contributed by atoms with E-state index in [1.165, 1.54) is 0 Å². The molecule has 0 saturated carbocycles. The Morgan fingerprint density at radius 2 is 0.988 bits per heavy atom. The van der Waals surface area contributed by atoms with Gasteiger partial charge in [0.2, 0.25) is 0 Å². The third-order valence-corrected chi connectivity index (χ3v) is 15.9. The number of carbonyl (C=O) groups excluding carboxylic acids is 1. The molecule has 2 aromatic carbocycles. The van der Waals surface area contributed by atoms with E-state index in [-0.39, 0.29) is 43.1 Å². The minimum atomic E-state index is -0.913. The number of nitrogens with two attached hydrogens (primary N) is 1. The van der Waals surface area contributed by atoms with Crippen LogP contribution in [0.2, 0.25) is 0 Å². The number of H-pyrrole nitrogens is 2. The van der Waals surface area contributed by atoms with Crippen molar-refractivity contribution in [3.8, 4) is 45.3 Å². The number of aromatic amines is 2. The Hall–Kier alpha value is -8.20. The second kappa shape index (κ2) is 27.9. The first-order valence-corrected chi connectivity index (χ1v) is 27.8. The molecule has 8 heterocycles. The van der Waals surface area contributed by atoms with Crippen LogP contribution in [-0.2, 0) is 22.6 Å². The van der Waals surface area contributed by atoms with Crippen LogP contribution >= 0.6 is 0 Å². The highest BCUT2D eigenvalue weighted by atomic mass is 16.5. The Kier molecular flexibility index (Phi) is 21.1. The van der Waals surface area contributed by atoms with Crippen LogP contribution in [0, 0.1) is 41.5 Å². The van der Waals surface area contributed by atoms with Crippen LogP contribution in [0.25, 0.3) is 33.3 Å². The van der Waals surface area contributed by atoms with E-state index in [4.69, 9.17) is 34.2 Å². The van der Waals surface area contributed by atoms with Gasteiger partial charge in [-0.15, -0.1) is 0 Å². The summed E-state index contributed by atoms with van der Waals surface area (Å²) in [5.74, 6) is 1.51. The molecule has 0 spiro atoms. The zero-order chi connectivity index (χ0) is 59.8. The van der Waals surface area contributed by atoms with Crippen LogP contribution in [0.1, 0.15) is 110 Å². The summed E-state index contributed by atoms with van der Waals surface area (Å²) in [4.78, 5) is 59.6. The van der Waals surface area contributed by atoms with Gasteiger partial charge in [0.25, 0.3) is 17.0 Å². The molecule has 0 aliphatic carbocycles. The topological polar surface area (TPSA) is 229 Å². The standard InChI is InChI=1S/C32H38N4O5.C24H28N2O5.C8H12N2O.CH4/c1-19-13-20(2)34-32(38)27(19)17-33-31(37)26-16-25-14-24(23-7-8-28(39-5)29(15-23)40-6)18-36(25)30(21(26)3)22(4)35-9-11-41-12-10-35;1-15-20(24(27)28)13-19-11-18(17-5-6-21(29-3)22(12-17)30-4)14-26(19)23(15)16(2)25-7-9-31-10-8-25;1-5-3-6(2)10-8(11)7(5)4-9;/h7-8,13-16,18,22H,9-12,17H2,1-6H3,(H,33,37)(H,34,38);5-6,11-14,16H,7-10H2,1-4H3,(H,27,28);3H,4,9H2,1-2H3,(H,10,11);1H4. The molecule has 0 radical (unpaired) electrons. The Balaban J connectivity index is 0.000000207. The molecule has 2 unspecified atom stereocenters. The number of carbonyl (C=O) groups is 2.